The van der Waals surface area contributed by atoms with E-state index in [1.54, 1.807) is 18.2 Å². The summed E-state index contributed by atoms with van der Waals surface area (Å²) in [5.41, 5.74) is 1.56. The van der Waals surface area contributed by atoms with Gasteiger partial charge in [-0.15, -0.1) is 0 Å². The van der Waals surface area contributed by atoms with Crippen LogP contribution in [0.4, 0.5) is 5.69 Å². The second-order valence-corrected chi connectivity index (χ2v) is 4.23. The van der Waals surface area contributed by atoms with E-state index in [1.165, 1.54) is 0 Å². The molecular weight excluding hydrogens is 242 g/mol. The molecule has 1 N–H and O–H groups in total. The Morgan fingerprint density at radius 3 is 2.47 bits per heavy atom. The molecule has 0 aliphatic rings. The molecule has 0 saturated heterocycles. The maximum atomic E-state index is 11.8. The summed E-state index contributed by atoms with van der Waals surface area (Å²) in [4.78, 5) is 11.8. The number of hydrogen-bond donors (Lipinski definition) is 1. The maximum Gasteiger partial charge on any atom is 0.248 e. The molecule has 1 aromatic carbocycles. The Bertz CT molecular complexity index is 462. The summed E-state index contributed by atoms with van der Waals surface area (Å²) in [5, 5.41) is 2.81. The van der Waals surface area contributed by atoms with Gasteiger partial charge in [0.05, 0.1) is 18.9 Å². The lowest BCUT2D eigenvalue weighted by Crippen LogP contribution is -2.10. The van der Waals surface area contributed by atoms with E-state index in [1.807, 2.05) is 33.8 Å². The van der Waals surface area contributed by atoms with E-state index in [9.17, 15) is 4.79 Å². The van der Waals surface area contributed by atoms with Gasteiger partial charge < -0.3 is 14.8 Å². The van der Waals surface area contributed by atoms with Crippen molar-refractivity contribution >= 4 is 11.6 Å². The van der Waals surface area contributed by atoms with Gasteiger partial charge in [-0.05, 0) is 39.8 Å². The minimum atomic E-state index is -0.172. The molecule has 0 heterocycles. The van der Waals surface area contributed by atoms with Crippen LogP contribution in [0.1, 0.15) is 27.7 Å². The molecule has 0 saturated carbocycles. The minimum Gasteiger partial charge on any atom is -0.494 e. The van der Waals surface area contributed by atoms with Gasteiger partial charge in [0, 0.05) is 12.1 Å². The van der Waals surface area contributed by atoms with Crippen molar-refractivity contribution in [1.82, 2.24) is 0 Å². The Labute approximate surface area is 114 Å². The molecule has 0 spiro atoms. The van der Waals surface area contributed by atoms with Crippen LogP contribution in [0, 0.1) is 0 Å². The van der Waals surface area contributed by atoms with Gasteiger partial charge in [-0.1, -0.05) is 5.57 Å². The second kappa shape index (κ2) is 7.46. The van der Waals surface area contributed by atoms with Crippen LogP contribution in [0.25, 0.3) is 0 Å². The van der Waals surface area contributed by atoms with Gasteiger partial charge in [0.15, 0.2) is 0 Å². The van der Waals surface area contributed by atoms with Crippen molar-refractivity contribution < 1.29 is 14.3 Å². The molecule has 1 aromatic rings. The monoisotopic (exact) mass is 263 g/mol. The smallest absolute Gasteiger partial charge is 0.248 e. The zero-order valence-corrected chi connectivity index (χ0v) is 11.9. The van der Waals surface area contributed by atoms with E-state index in [0.29, 0.717) is 30.4 Å². The number of anilines is 1. The van der Waals surface area contributed by atoms with E-state index in [0.717, 1.165) is 5.57 Å². The summed E-state index contributed by atoms with van der Waals surface area (Å²) in [6.07, 6.45) is 1.54. The van der Waals surface area contributed by atoms with Crippen molar-refractivity contribution in [3.05, 3.63) is 29.8 Å². The molecule has 0 aliphatic heterocycles. The molecule has 4 heteroatoms. The molecule has 0 atom stereocenters. The summed E-state index contributed by atoms with van der Waals surface area (Å²) in [6, 6.07) is 5.39. The first-order valence-electron chi connectivity index (χ1n) is 6.42. The molecule has 0 bridgehead atoms. The van der Waals surface area contributed by atoms with E-state index in [4.69, 9.17) is 9.47 Å². The molecule has 1 amide bonds. The van der Waals surface area contributed by atoms with Gasteiger partial charge >= 0.3 is 0 Å². The van der Waals surface area contributed by atoms with E-state index in [-0.39, 0.29) is 5.91 Å². The number of nitrogens with one attached hydrogen (secondary N) is 1. The zero-order chi connectivity index (χ0) is 14.3. The van der Waals surface area contributed by atoms with Gasteiger partial charge in [0.1, 0.15) is 11.5 Å². The Morgan fingerprint density at radius 1 is 1.21 bits per heavy atom. The Hall–Kier alpha value is -1.97. The highest BCUT2D eigenvalue weighted by Gasteiger charge is 2.08. The number of ether oxygens (including phenoxy) is 2. The fourth-order valence-corrected chi connectivity index (χ4v) is 1.58. The second-order valence-electron chi connectivity index (χ2n) is 4.23. The van der Waals surface area contributed by atoms with Crippen LogP contribution in [0.15, 0.2) is 29.8 Å². The molecule has 4 nitrogen and oxygen atoms in total. The van der Waals surface area contributed by atoms with Crippen molar-refractivity contribution in [2.75, 3.05) is 18.5 Å². The SMILES string of the molecule is CCOc1ccc(OCC)c(NC(=O)C=C(C)C)c1. The minimum absolute atomic E-state index is 0.172. The fourth-order valence-electron chi connectivity index (χ4n) is 1.58. The third-order valence-electron chi connectivity index (χ3n) is 2.24. The number of allylic oxidation sites excluding steroid dienone is 1. The molecule has 1 rings (SSSR count). The number of hydrogen-bond acceptors (Lipinski definition) is 3. The number of amides is 1. The van der Waals surface area contributed by atoms with Gasteiger partial charge in [0.25, 0.3) is 0 Å². The van der Waals surface area contributed by atoms with Crippen LogP contribution >= 0.6 is 0 Å². The topological polar surface area (TPSA) is 47.6 Å². The predicted octanol–water partition coefficient (Wildman–Crippen LogP) is 3.39. The largest absolute Gasteiger partial charge is 0.494 e. The van der Waals surface area contributed by atoms with Gasteiger partial charge in [-0.2, -0.15) is 0 Å². The fraction of sp³-hybridized carbons (Fsp3) is 0.400. The summed E-state index contributed by atoms with van der Waals surface area (Å²) in [5.74, 6) is 1.18. The lowest BCUT2D eigenvalue weighted by atomic mass is 10.2. The van der Waals surface area contributed by atoms with Crippen molar-refractivity contribution in [2.45, 2.75) is 27.7 Å². The number of carbonyl (C=O) groups is 1. The van der Waals surface area contributed by atoms with Crippen LogP contribution in [0.2, 0.25) is 0 Å². The Morgan fingerprint density at radius 2 is 1.89 bits per heavy atom. The van der Waals surface area contributed by atoms with Crippen LogP contribution in [-0.2, 0) is 4.79 Å². The van der Waals surface area contributed by atoms with Gasteiger partial charge in [-0.25, -0.2) is 0 Å². The molecule has 0 radical (unpaired) electrons. The molecule has 0 fully saturated rings. The molecule has 0 unspecified atom stereocenters. The number of carbonyl (C=O) groups excluding carboxylic acids is 1. The highest BCUT2D eigenvalue weighted by molar-refractivity contribution is 6.00. The van der Waals surface area contributed by atoms with E-state index in [2.05, 4.69) is 5.32 Å². The van der Waals surface area contributed by atoms with Crippen molar-refractivity contribution in [3.63, 3.8) is 0 Å². The highest BCUT2D eigenvalue weighted by atomic mass is 16.5. The molecule has 0 aliphatic carbocycles. The standard InChI is InChI=1S/C15H21NO3/c1-5-18-12-7-8-14(19-6-2)13(10-12)16-15(17)9-11(3)4/h7-10H,5-6H2,1-4H3,(H,16,17). The quantitative estimate of drug-likeness (QED) is 0.800. The average Bonchev–Trinajstić information content (AvgIpc) is 2.32. The van der Waals surface area contributed by atoms with Gasteiger partial charge in [0.2, 0.25) is 5.91 Å². The zero-order valence-electron chi connectivity index (χ0n) is 11.9. The molecule has 104 valence electrons. The lowest BCUT2D eigenvalue weighted by Gasteiger charge is -2.12. The Balaban J connectivity index is 2.96. The molecule has 0 aromatic heterocycles. The maximum absolute atomic E-state index is 11.8. The third-order valence-corrected chi connectivity index (χ3v) is 2.24. The number of benzene rings is 1. The first-order valence-corrected chi connectivity index (χ1v) is 6.42. The summed E-state index contributed by atoms with van der Waals surface area (Å²) in [7, 11) is 0. The highest BCUT2D eigenvalue weighted by Crippen LogP contribution is 2.29. The van der Waals surface area contributed by atoms with Crippen molar-refractivity contribution in [3.8, 4) is 11.5 Å². The first-order chi connectivity index (χ1) is 9.06. The van der Waals surface area contributed by atoms with Crippen LogP contribution in [0.5, 0.6) is 11.5 Å². The molecular formula is C15H21NO3. The average molecular weight is 263 g/mol. The molecule has 19 heavy (non-hydrogen) atoms. The van der Waals surface area contributed by atoms with Crippen LogP contribution < -0.4 is 14.8 Å². The summed E-state index contributed by atoms with van der Waals surface area (Å²) in [6.45, 7) is 8.68. The summed E-state index contributed by atoms with van der Waals surface area (Å²) >= 11 is 0. The van der Waals surface area contributed by atoms with Crippen LogP contribution in [-0.4, -0.2) is 19.1 Å². The normalized spacial score (nSPS) is 9.68. The Kier molecular flexibility index (Phi) is 5.93. The lowest BCUT2D eigenvalue weighted by molar-refractivity contribution is -0.112. The van der Waals surface area contributed by atoms with Crippen molar-refractivity contribution in [2.24, 2.45) is 0 Å². The van der Waals surface area contributed by atoms with E-state index >= 15 is 0 Å². The van der Waals surface area contributed by atoms with E-state index < -0.39 is 0 Å². The number of rotatable bonds is 6. The van der Waals surface area contributed by atoms with Crippen molar-refractivity contribution in [1.29, 1.82) is 0 Å². The van der Waals surface area contributed by atoms with Gasteiger partial charge in [-0.3, -0.25) is 4.79 Å². The van der Waals surface area contributed by atoms with Crippen LogP contribution in [0.3, 0.4) is 0 Å². The predicted molar refractivity (Wildman–Crippen MR) is 76.8 cm³/mol. The third kappa shape index (κ3) is 5.04. The summed E-state index contributed by atoms with van der Waals surface area (Å²) < 4.78 is 10.9. The first kappa shape index (κ1) is 15.1.